The molecule has 1 fully saturated rings. The van der Waals surface area contributed by atoms with E-state index in [1.165, 1.54) is 25.7 Å². The van der Waals surface area contributed by atoms with E-state index in [0.29, 0.717) is 0 Å². The van der Waals surface area contributed by atoms with Gasteiger partial charge in [-0.25, -0.2) is 0 Å². The molecule has 0 atom stereocenters. The normalized spacial score (nSPS) is 21.9. The quantitative estimate of drug-likeness (QED) is 0.536. The zero-order valence-electron chi connectivity index (χ0n) is 7.48. The minimum atomic E-state index is -0.869. The lowest BCUT2D eigenvalue weighted by molar-refractivity contribution is 0.839. The highest BCUT2D eigenvalue weighted by molar-refractivity contribution is 6.82. The summed E-state index contributed by atoms with van der Waals surface area (Å²) in [6.07, 6.45) is 6.02. The Labute approximate surface area is 66.0 Å². The van der Waals surface area contributed by atoms with E-state index in [1.807, 2.05) is 0 Å². The Hall–Kier alpha value is 0.217. The SMILES string of the molecule is C[CH][Si](C)(C)C1CCCC1. The van der Waals surface area contributed by atoms with Gasteiger partial charge in [-0.15, -0.1) is 0 Å². The van der Waals surface area contributed by atoms with Crippen LogP contribution < -0.4 is 0 Å². The monoisotopic (exact) mass is 155 g/mol. The molecule has 0 aromatic heterocycles. The van der Waals surface area contributed by atoms with E-state index in [2.05, 4.69) is 26.1 Å². The van der Waals surface area contributed by atoms with Crippen molar-refractivity contribution in [2.24, 2.45) is 0 Å². The van der Waals surface area contributed by atoms with Crippen LogP contribution >= 0.6 is 0 Å². The van der Waals surface area contributed by atoms with Gasteiger partial charge in [-0.3, -0.25) is 0 Å². The molecule has 1 aliphatic rings. The van der Waals surface area contributed by atoms with Crippen LogP contribution in [0.4, 0.5) is 0 Å². The van der Waals surface area contributed by atoms with Crippen molar-refractivity contribution in [1.82, 2.24) is 0 Å². The Morgan fingerprint density at radius 2 is 1.70 bits per heavy atom. The van der Waals surface area contributed by atoms with E-state index in [-0.39, 0.29) is 0 Å². The van der Waals surface area contributed by atoms with E-state index < -0.39 is 8.07 Å². The number of hydrogen-bond acceptors (Lipinski definition) is 0. The van der Waals surface area contributed by atoms with Crippen LogP contribution in [-0.4, -0.2) is 8.07 Å². The molecule has 1 rings (SSSR count). The van der Waals surface area contributed by atoms with Crippen molar-refractivity contribution in [2.45, 2.75) is 51.2 Å². The second kappa shape index (κ2) is 3.08. The van der Waals surface area contributed by atoms with Gasteiger partial charge >= 0.3 is 0 Å². The Bertz CT molecular complexity index is 101. The van der Waals surface area contributed by atoms with E-state index >= 15 is 0 Å². The molecule has 0 heterocycles. The average Bonchev–Trinajstić information content (AvgIpc) is 2.38. The molecule has 0 spiro atoms. The average molecular weight is 155 g/mol. The maximum absolute atomic E-state index is 2.50. The van der Waals surface area contributed by atoms with Crippen LogP contribution in [0.25, 0.3) is 0 Å². The van der Waals surface area contributed by atoms with Gasteiger partial charge < -0.3 is 0 Å². The van der Waals surface area contributed by atoms with Gasteiger partial charge in [0, 0.05) is 0 Å². The lowest BCUT2D eigenvalue weighted by Crippen LogP contribution is -2.30. The Balaban J connectivity index is 2.45. The maximum atomic E-state index is 2.50. The standard InChI is InChI=1S/C9H19Si/c1-4-10(2,3)9-7-5-6-8-9/h4,9H,5-8H2,1-3H3. The highest BCUT2D eigenvalue weighted by Crippen LogP contribution is 2.39. The highest BCUT2D eigenvalue weighted by Gasteiger charge is 2.31. The lowest BCUT2D eigenvalue weighted by atomic mass is 10.4. The molecular weight excluding hydrogens is 136 g/mol. The minimum absolute atomic E-state index is 0.869. The van der Waals surface area contributed by atoms with Crippen molar-refractivity contribution in [1.29, 1.82) is 0 Å². The lowest BCUT2D eigenvalue weighted by Gasteiger charge is -2.27. The molecule has 0 saturated heterocycles. The fourth-order valence-electron chi connectivity index (χ4n) is 1.91. The smallest absolute Gasteiger partial charge is 0.0533 e. The number of rotatable bonds is 2. The third kappa shape index (κ3) is 1.63. The van der Waals surface area contributed by atoms with Gasteiger partial charge in [-0.2, -0.15) is 0 Å². The third-order valence-corrected chi connectivity index (χ3v) is 7.32. The van der Waals surface area contributed by atoms with Crippen molar-refractivity contribution in [2.75, 3.05) is 0 Å². The Morgan fingerprint density at radius 1 is 1.20 bits per heavy atom. The fourth-order valence-corrected chi connectivity index (χ4v) is 4.27. The molecule has 0 nitrogen and oxygen atoms in total. The molecule has 0 amide bonds. The molecule has 0 aliphatic heterocycles. The third-order valence-electron chi connectivity index (χ3n) is 3.15. The summed E-state index contributed by atoms with van der Waals surface area (Å²) in [6.45, 7) is 7.26. The molecule has 0 unspecified atom stereocenters. The summed E-state index contributed by atoms with van der Waals surface area (Å²) in [5.41, 5.74) is 1.11. The highest BCUT2D eigenvalue weighted by atomic mass is 28.3. The first-order valence-corrected chi connectivity index (χ1v) is 7.63. The first-order valence-electron chi connectivity index (χ1n) is 4.47. The molecule has 1 aliphatic carbocycles. The van der Waals surface area contributed by atoms with E-state index in [4.69, 9.17) is 0 Å². The van der Waals surface area contributed by atoms with Gasteiger partial charge in [-0.05, 0) is 11.6 Å². The summed E-state index contributed by atoms with van der Waals surface area (Å²) in [6, 6.07) is 2.50. The Morgan fingerprint density at radius 3 is 2.10 bits per heavy atom. The second-order valence-corrected chi connectivity index (χ2v) is 9.13. The minimum Gasteiger partial charge on any atom is -0.0690 e. The molecule has 1 radical (unpaired) electrons. The topological polar surface area (TPSA) is 0 Å². The molecule has 0 aromatic rings. The predicted octanol–water partition coefficient (Wildman–Crippen LogP) is 3.40. The van der Waals surface area contributed by atoms with E-state index in [1.54, 1.807) is 0 Å². The first-order chi connectivity index (χ1) is 4.67. The summed E-state index contributed by atoms with van der Waals surface area (Å²) >= 11 is 0. The number of hydrogen-bond donors (Lipinski definition) is 0. The van der Waals surface area contributed by atoms with Crippen LogP contribution in [-0.2, 0) is 0 Å². The van der Waals surface area contributed by atoms with Crippen molar-refractivity contribution >= 4 is 8.07 Å². The maximum Gasteiger partial charge on any atom is 0.0533 e. The van der Waals surface area contributed by atoms with Crippen molar-refractivity contribution in [3.05, 3.63) is 6.04 Å². The second-order valence-electron chi connectivity index (χ2n) is 4.09. The summed E-state index contributed by atoms with van der Waals surface area (Å²) in [7, 11) is -0.869. The summed E-state index contributed by atoms with van der Waals surface area (Å²) in [5.74, 6) is 0. The van der Waals surface area contributed by atoms with Crippen molar-refractivity contribution in [3.63, 3.8) is 0 Å². The van der Waals surface area contributed by atoms with Gasteiger partial charge in [0.2, 0.25) is 0 Å². The van der Waals surface area contributed by atoms with Gasteiger partial charge in [-0.1, -0.05) is 45.7 Å². The van der Waals surface area contributed by atoms with Crippen LogP contribution in [0.1, 0.15) is 32.6 Å². The van der Waals surface area contributed by atoms with Crippen LogP contribution in [0.15, 0.2) is 0 Å². The Kier molecular flexibility index (Phi) is 2.56. The molecule has 10 heavy (non-hydrogen) atoms. The largest absolute Gasteiger partial charge is 0.0690 e. The van der Waals surface area contributed by atoms with Crippen LogP contribution in [0, 0.1) is 6.04 Å². The van der Waals surface area contributed by atoms with Crippen molar-refractivity contribution < 1.29 is 0 Å². The fraction of sp³-hybridized carbons (Fsp3) is 0.889. The molecule has 59 valence electrons. The molecule has 1 heteroatoms. The van der Waals surface area contributed by atoms with Crippen LogP contribution in [0.3, 0.4) is 0 Å². The summed E-state index contributed by atoms with van der Waals surface area (Å²) in [5, 5.41) is 0. The molecule has 1 saturated carbocycles. The summed E-state index contributed by atoms with van der Waals surface area (Å²) in [4.78, 5) is 0. The zero-order valence-corrected chi connectivity index (χ0v) is 8.48. The summed E-state index contributed by atoms with van der Waals surface area (Å²) < 4.78 is 0. The molecule has 0 bridgehead atoms. The van der Waals surface area contributed by atoms with Crippen molar-refractivity contribution in [3.8, 4) is 0 Å². The molecule has 0 N–H and O–H groups in total. The molecular formula is C9H19Si. The zero-order chi connectivity index (χ0) is 7.61. The van der Waals surface area contributed by atoms with E-state index in [0.717, 1.165) is 5.54 Å². The van der Waals surface area contributed by atoms with Gasteiger partial charge in [0.05, 0.1) is 8.07 Å². The van der Waals surface area contributed by atoms with Gasteiger partial charge in [0.15, 0.2) is 0 Å². The van der Waals surface area contributed by atoms with Crippen LogP contribution in [0.5, 0.6) is 0 Å². The van der Waals surface area contributed by atoms with Crippen LogP contribution in [0.2, 0.25) is 18.6 Å². The first kappa shape index (κ1) is 8.31. The van der Waals surface area contributed by atoms with E-state index in [9.17, 15) is 0 Å². The van der Waals surface area contributed by atoms with Gasteiger partial charge in [0.1, 0.15) is 0 Å². The molecule has 0 aromatic carbocycles. The van der Waals surface area contributed by atoms with Gasteiger partial charge in [0.25, 0.3) is 0 Å². The predicted molar refractivity (Wildman–Crippen MR) is 49.7 cm³/mol.